The fraction of sp³-hybridized carbons (Fsp3) is 0.630. The van der Waals surface area contributed by atoms with Crippen LogP contribution in [0.15, 0.2) is 18.2 Å². The molecule has 3 rings (SSSR count). The summed E-state index contributed by atoms with van der Waals surface area (Å²) in [4.78, 5) is 50.5. The zero-order valence-electron chi connectivity index (χ0n) is 23.2. The number of nitrogens with one attached hydrogen (secondary N) is 2. The third kappa shape index (κ3) is 11.1. The zero-order valence-corrected chi connectivity index (χ0v) is 23.2. The normalized spacial score (nSPS) is 16.7. The molecule has 1 fully saturated rings. The number of ether oxygens (including phenoxy) is 6. The molecule has 228 valence electrons. The van der Waals surface area contributed by atoms with Crippen LogP contribution in [-0.4, -0.2) is 120 Å². The van der Waals surface area contributed by atoms with Crippen LogP contribution >= 0.6 is 0 Å². The lowest BCUT2D eigenvalue weighted by Gasteiger charge is -2.29. The van der Waals surface area contributed by atoms with Crippen molar-refractivity contribution < 1.29 is 47.6 Å². The number of hydrogen-bond donors (Lipinski definition) is 3. The summed E-state index contributed by atoms with van der Waals surface area (Å²) in [6, 6.07) is 4.30. The molecule has 4 N–H and O–H groups in total. The van der Waals surface area contributed by atoms with Crippen LogP contribution in [0.1, 0.15) is 28.8 Å². The first kappa shape index (κ1) is 32.5. The second kappa shape index (κ2) is 18.5. The molecule has 2 aliphatic rings. The largest absolute Gasteiger partial charge is 0.378 e. The van der Waals surface area contributed by atoms with Gasteiger partial charge in [-0.05, 0) is 18.6 Å². The predicted molar refractivity (Wildman–Crippen MR) is 145 cm³/mol. The molecule has 2 aliphatic heterocycles. The predicted octanol–water partition coefficient (Wildman–Crippen LogP) is -0.556. The summed E-state index contributed by atoms with van der Waals surface area (Å²) < 4.78 is 32.2. The number of imide groups is 1. The number of hydrogen-bond acceptors (Lipinski definition) is 11. The van der Waals surface area contributed by atoms with Crippen LogP contribution in [-0.2, 0) is 49.3 Å². The van der Waals surface area contributed by atoms with Gasteiger partial charge in [0, 0.05) is 36.3 Å². The smallest absolute Gasteiger partial charge is 0.255 e. The van der Waals surface area contributed by atoms with Crippen molar-refractivity contribution >= 4 is 29.3 Å². The number of benzene rings is 1. The van der Waals surface area contributed by atoms with Crippen LogP contribution in [0.5, 0.6) is 0 Å². The van der Waals surface area contributed by atoms with Crippen LogP contribution in [0.25, 0.3) is 0 Å². The van der Waals surface area contributed by atoms with Gasteiger partial charge in [0.15, 0.2) is 0 Å². The van der Waals surface area contributed by atoms with Gasteiger partial charge in [-0.25, -0.2) is 0 Å². The molecule has 4 amide bonds. The summed E-state index contributed by atoms with van der Waals surface area (Å²) in [5.74, 6) is -1.51. The standard InChI is InChI=1S/C27H40N4O10/c28-6-7-36-8-9-37-10-11-38-12-13-39-14-15-40-16-17-41-19-25(33)29-22-3-1-2-20-21(22)18-31(27(20)35)23-4-5-24(32)30-26(23)34/h1-3,23H,4-19,28H2,(H,29,33)(H,30,32,34). The number of fused-ring (bicyclic) bond motifs is 1. The van der Waals surface area contributed by atoms with E-state index in [4.69, 9.17) is 34.2 Å². The second-order valence-corrected chi connectivity index (χ2v) is 9.18. The van der Waals surface area contributed by atoms with Gasteiger partial charge in [0.25, 0.3) is 5.91 Å². The Balaban J connectivity index is 1.20. The van der Waals surface area contributed by atoms with Crippen LogP contribution in [0.4, 0.5) is 5.69 Å². The average molecular weight is 581 g/mol. The highest BCUT2D eigenvalue weighted by molar-refractivity contribution is 6.06. The molecule has 0 aliphatic carbocycles. The van der Waals surface area contributed by atoms with Crippen molar-refractivity contribution in [1.82, 2.24) is 10.2 Å². The highest BCUT2D eigenvalue weighted by Crippen LogP contribution is 2.32. The van der Waals surface area contributed by atoms with E-state index in [0.717, 1.165) is 0 Å². The maximum absolute atomic E-state index is 12.9. The number of nitrogens with two attached hydrogens (primary N) is 1. The maximum atomic E-state index is 12.9. The number of anilines is 1. The lowest BCUT2D eigenvalue weighted by Crippen LogP contribution is -2.52. The van der Waals surface area contributed by atoms with Crippen molar-refractivity contribution in [1.29, 1.82) is 0 Å². The molecular formula is C27H40N4O10. The number of carbonyl (C=O) groups excluding carboxylic acids is 4. The van der Waals surface area contributed by atoms with Gasteiger partial charge in [-0.15, -0.1) is 0 Å². The van der Waals surface area contributed by atoms with Crippen molar-refractivity contribution in [3.63, 3.8) is 0 Å². The molecule has 0 spiro atoms. The fourth-order valence-electron chi connectivity index (χ4n) is 4.24. The molecule has 0 aromatic heterocycles. The van der Waals surface area contributed by atoms with Crippen LogP contribution in [0.2, 0.25) is 0 Å². The van der Waals surface area contributed by atoms with E-state index in [9.17, 15) is 19.2 Å². The monoisotopic (exact) mass is 580 g/mol. The van der Waals surface area contributed by atoms with E-state index in [-0.39, 0.29) is 50.3 Å². The topological polar surface area (TPSA) is 177 Å². The van der Waals surface area contributed by atoms with Crippen LogP contribution in [0, 0.1) is 0 Å². The Kier molecular flexibility index (Phi) is 14.6. The average Bonchev–Trinajstić information content (AvgIpc) is 3.29. The lowest BCUT2D eigenvalue weighted by atomic mass is 10.0. The molecule has 1 unspecified atom stereocenters. The Morgan fingerprint density at radius 2 is 1.41 bits per heavy atom. The first-order chi connectivity index (χ1) is 20.0. The minimum absolute atomic E-state index is 0.167. The zero-order chi connectivity index (χ0) is 29.3. The van der Waals surface area contributed by atoms with Gasteiger partial charge in [0.2, 0.25) is 17.7 Å². The maximum Gasteiger partial charge on any atom is 0.255 e. The number of carbonyl (C=O) groups is 4. The molecule has 0 radical (unpaired) electrons. The highest BCUT2D eigenvalue weighted by atomic mass is 16.6. The summed E-state index contributed by atoms with van der Waals surface area (Å²) >= 11 is 0. The van der Waals surface area contributed by atoms with E-state index in [2.05, 4.69) is 10.6 Å². The van der Waals surface area contributed by atoms with Crippen LogP contribution < -0.4 is 16.4 Å². The SMILES string of the molecule is NCCOCCOCCOCCOCCOCCOCC(=O)Nc1cccc2c1CN(C1CCC(=O)NC1=O)C2=O. The van der Waals surface area contributed by atoms with Gasteiger partial charge in [-0.2, -0.15) is 0 Å². The molecular weight excluding hydrogens is 540 g/mol. The molecule has 1 saturated heterocycles. The van der Waals surface area contributed by atoms with Crippen LogP contribution in [0.3, 0.4) is 0 Å². The van der Waals surface area contributed by atoms with E-state index >= 15 is 0 Å². The van der Waals surface area contributed by atoms with E-state index in [1.807, 2.05) is 0 Å². The molecule has 0 saturated carbocycles. The first-order valence-electron chi connectivity index (χ1n) is 13.7. The van der Waals surface area contributed by atoms with Gasteiger partial charge < -0.3 is 44.4 Å². The molecule has 14 heteroatoms. The first-order valence-corrected chi connectivity index (χ1v) is 13.7. The van der Waals surface area contributed by atoms with Crippen molar-refractivity contribution in [2.45, 2.75) is 25.4 Å². The van der Waals surface area contributed by atoms with E-state index in [1.165, 1.54) is 4.90 Å². The third-order valence-corrected chi connectivity index (χ3v) is 6.21. The number of piperidine rings is 1. The van der Waals surface area contributed by atoms with Crippen molar-refractivity contribution in [3.8, 4) is 0 Å². The minimum Gasteiger partial charge on any atom is -0.378 e. The molecule has 1 aromatic carbocycles. The summed E-state index contributed by atoms with van der Waals surface area (Å²) in [7, 11) is 0. The molecule has 1 atom stereocenters. The molecule has 41 heavy (non-hydrogen) atoms. The van der Waals surface area contributed by atoms with Gasteiger partial charge >= 0.3 is 0 Å². The number of rotatable bonds is 21. The summed E-state index contributed by atoms with van der Waals surface area (Å²) in [5, 5.41) is 5.05. The van der Waals surface area contributed by atoms with Crippen molar-refractivity contribution in [3.05, 3.63) is 29.3 Å². The molecule has 0 bridgehead atoms. The Hall–Kier alpha value is -2.98. The Bertz CT molecular complexity index is 1010. The van der Waals surface area contributed by atoms with Crippen molar-refractivity contribution in [2.75, 3.05) is 91.1 Å². The Morgan fingerprint density at radius 3 is 1.98 bits per heavy atom. The second-order valence-electron chi connectivity index (χ2n) is 9.18. The fourth-order valence-corrected chi connectivity index (χ4v) is 4.24. The van der Waals surface area contributed by atoms with Gasteiger partial charge in [-0.1, -0.05) is 6.07 Å². The molecule has 14 nitrogen and oxygen atoms in total. The quantitative estimate of drug-likeness (QED) is 0.126. The van der Waals surface area contributed by atoms with Gasteiger partial charge in [0.1, 0.15) is 12.6 Å². The van der Waals surface area contributed by atoms with Gasteiger partial charge in [0.05, 0.1) is 72.7 Å². The van der Waals surface area contributed by atoms with Crippen molar-refractivity contribution in [2.24, 2.45) is 5.73 Å². The summed E-state index contributed by atoms with van der Waals surface area (Å²) in [6.45, 7) is 5.23. The third-order valence-electron chi connectivity index (χ3n) is 6.21. The number of amides is 4. The highest BCUT2D eigenvalue weighted by Gasteiger charge is 2.39. The van der Waals surface area contributed by atoms with E-state index in [0.29, 0.717) is 89.4 Å². The number of nitrogens with zero attached hydrogens (tertiary/aromatic N) is 1. The summed E-state index contributed by atoms with van der Waals surface area (Å²) in [6.07, 6.45) is 0.444. The summed E-state index contributed by atoms with van der Waals surface area (Å²) in [5.41, 5.74) is 6.85. The van der Waals surface area contributed by atoms with E-state index < -0.39 is 11.9 Å². The minimum atomic E-state index is -0.721. The Morgan fingerprint density at radius 1 is 0.854 bits per heavy atom. The molecule has 1 aromatic rings. The van der Waals surface area contributed by atoms with E-state index in [1.54, 1.807) is 18.2 Å². The Labute approximate surface area is 239 Å². The lowest BCUT2D eigenvalue weighted by molar-refractivity contribution is -0.137. The van der Waals surface area contributed by atoms with Gasteiger partial charge in [-0.3, -0.25) is 24.5 Å². The molecule has 2 heterocycles.